The lowest BCUT2D eigenvalue weighted by atomic mass is 9.90. The Bertz CT molecular complexity index is 2640. The quantitative estimate of drug-likeness (QED) is 0.160. The van der Waals surface area contributed by atoms with Crippen molar-refractivity contribution in [1.29, 1.82) is 0 Å². The Kier molecular flexibility index (Phi) is 11.0. The molecule has 0 bridgehead atoms. The van der Waals surface area contributed by atoms with Crippen LogP contribution in [0.5, 0.6) is 5.88 Å². The molecular formula is C49H56FN7O8Si. The van der Waals surface area contributed by atoms with Gasteiger partial charge in [-0.2, -0.15) is 0 Å². The molecule has 66 heavy (non-hydrogen) atoms. The van der Waals surface area contributed by atoms with Gasteiger partial charge in [-0.05, 0) is 72.1 Å². The number of ether oxygens (including phenoxy) is 3. The van der Waals surface area contributed by atoms with Crippen LogP contribution in [0.15, 0.2) is 77.3 Å². The van der Waals surface area contributed by atoms with Crippen LogP contribution in [0.4, 0.5) is 25.6 Å². The number of carbonyl (C=O) groups excluding carboxylic acids is 3. The number of aromatic nitrogens is 3. The summed E-state index contributed by atoms with van der Waals surface area (Å²) in [7, 11) is -3.00. The van der Waals surface area contributed by atoms with Gasteiger partial charge in [0.2, 0.25) is 5.89 Å². The van der Waals surface area contributed by atoms with Gasteiger partial charge in [0.1, 0.15) is 22.8 Å². The summed E-state index contributed by atoms with van der Waals surface area (Å²) in [6.45, 7) is 14.8. The summed E-state index contributed by atoms with van der Waals surface area (Å²) in [6.07, 6.45) is 2.95. The number of hydrogen-bond acceptors (Lipinski definition) is 12. The molecule has 1 unspecified atom stereocenters. The predicted molar refractivity (Wildman–Crippen MR) is 246 cm³/mol. The van der Waals surface area contributed by atoms with E-state index >= 15 is 4.39 Å². The molecule has 5 aliphatic rings. The Balaban J connectivity index is 0.842. The first-order chi connectivity index (χ1) is 31.5. The summed E-state index contributed by atoms with van der Waals surface area (Å²) in [5.74, 6) is 0.367. The van der Waals surface area contributed by atoms with Crippen LogP contribution >= 0.6 is 0 Å². The van der Waals surface area contributed by atoms with E-state index in [9.17, 15) is 14.4 Å². The first-order valence-corrected chi connectivity index (χ1v) is 24.8. The Hall–Kier alpha value is -5.91. The zero-order chi connectivity index (χ0) is 46.2. The number of oxazole rings is 1. The summed E-state index contributed by atoms with van der Waals surface area (Å²) in [5.41, 5.74) is 0.648. The highest BCUT2D eigenvalue weighted by atomic mass is 28.4. The Morgan fingerprint density at radius 1 is 0.970 bits per heavy atom. The number of hydrogen-bond donors (Lipinski definition) is 1. The van der Waals surface area contributed by atoms with Crippen LogP contribution in [-0.4, -0.2) is 108 Å². The van der Waals surface area contributed by atoms with E-state index in [4.69, 9.17) is 28.0 Å². The Morgan fingerprint density at radius 3 is 2.33 bits per heavy atom. The van der Waals surface area contributed by atoms with Crippen molar-refractivity contribution in [2.45, 2.75) is 102 Å². The van der Waals surface area contributed by atoms with Crippen LogP contribution in [-0.2, 0) is 31.5 Å². The summed E-state index contributed by atoms with van der Waals surface area (Å²) >= 11 is 0. The fourth-order valence-electron chi connectivity index (χ4n) is 10.6. The van der Waals surface area contributed by atoms with Gasteiger partial charge >= 0.3 is 12.2 Å². The minimum atomic E-state index is -3.00. The number of anilines is 2. The zero-order valence-corrected chi connectivity index (χ0v) is 39.3. The molecule has 6 heterocycles. The maximum atomic E-state index is 16.7. The van der Waals surface area contributed by atoms with E-state index in [1.165, 1.54) is 11.1 Å². The SMILES string of the molecule is CC(C)(C)OC(=O)N1C[C@H](O[Si](c2ccccc2)(c2ccccc2)C(C)(C)C)C[C@H]1c1nc2cc3c(c(F)c2o1)CC(CN1CCC2(CC1)CN(c1cnc4c(n1)NC(=O)CO4)C(=O)O2)C3. The molecule has 15 nitrogen and oxygen atoms in total. The molecule has 3 aromatic carbocycles. The highest BCUT2D eigenvalue weighted by Gasteiger charge is 2.54. The molecule has 4 aliphatic heterocycles. The minimum Gasteiger partial charge on any atom is -0.465 e. The molecule has 5 aromatic rings. The van der Waals surface area contributed by atoms with Gasteiger partial charge in [-0.15, -0.1) is 0 Å². The smallest absolute Gasteiger partial charge is 0.416 e. The second-order valence-corrected chi connectivity index (χ2v) is 24.7. The third kappa shape index (κ3) is 8.08. The molecule has 3 fully saturated rings. The molecule has 0 radical (unpaired) electrons. The van der Waals surface area contributed by atoms with Gasteiger partial charge in [0, 0.05) is 45.4 Å². The van der Waals surface area contributed by atoms with Gasteiger partial charge < -0.3 is 33.3 Å². The van der Waals surface area contributed by atoms with Crippen LogP contribution in [0.25, 0.3) is 11.1 Å². The molecule has 1 N–H and O–H groups in total. The van der Waals surface area contributed by atoms with Gasteiger partial charge in [-0.1, -0.05) is 81.4 Å². The van der Waals surface area contributed by atoms with Crippen molar-refractivity contribution in [3.05, 3.63) is 95.8 Å². The van der Waals surface area contributed by atoms with E-state index in [1.807, 2.05) is 63.2 Å². The Morgan fingerprint density at radius 2 is 1.67 bits per heavy atom. The zero-order valence-electron chi connectivity index (χ0n) is 38.3. The summed E-state index contributed by atoms with van der Waals surface area (Å²) in [6, 6.07) is 22.1. The van der Waals surface area contributed by atoms with E-state index in [0.717, 1.165) is 22.5 Å². The average Bonchev–Trinajstić information content (AvgIpc) is 4.07. The van der Waals surface area contributed by atoms with Crippen molar-refractivity contribution < 1.29 is 41.8 Å². The Labute approximate surface area is 384 Å². The molecule has 10 rings (SSSR count). The predicted octanol–water partition coefficient (Wildman–Crippen LogP) is 6.92. The van der Waals surface area contributed by atoms with Crippen LogP contribution in [0.3, 0.4) is 0 Å². The number of carbonyl (C=O) groups is 3. The summed E-state index contributed by atoms with van der Waals surface area (Å²) < 4.78 is 47.8. The normalized spacial score (nSPS) is 22.0. The molecule has 346 valence electrons. The van der Waals surface area contributed by atoms with Gasteiger partial charge in [0.05, 0.1) is 18.8 Å². The highest BCUT2D eigenvalue weighted by Crippen LogP contribution is 2.44. The lowest BCUT2D eigenvalue weighted by molar-refractivity contribution is -0.118. The maximum absolute atomic E-state index is 16.7. The summed E-state index contributed by atoms with van der Waals surface area (Å²) in [5, 5.41) is 4.62. The highest BCUT2D eigenvalue weighted by molar-refractivity contribution is 6.99. The molecule has 1 aliphatic carbocycles. The number of likely N-dealkylation sites (tertiary alicyclic amines) is 2. The molecular weight excluding hydrogens is 862 g/mol. The first-order valence-electron chi connectivity index (χ1n) is 22.9. The molecule has 3 atom stereocenters. The number of rotatable bonds is 8. The van der Waals surface area contributed by atoms with Crippen LogP contribution in [0.2, 0.25) is 5.04 Å². The van der Waals surface area contributed by atoms with E-state index < -0.39 is 49.7 Å². The number of nitrogens with one attached hydrogen (secondary N) is 1. The number of fused-ring (bicyclic) bond motifs is 3. The lowest BCUT2D eigenvalue weighted by Crippen LogP contribution is -2.67. The standard InChI is InChI=1S/C49H56FN7O8Si/c1-47(2,3)63-45(59)56-27-32(65-66(48(4,5)6,33-13-9-7-10-14-33)34-15-11-8-12-16-34)24-37(56)43-52-36-23-31-21-30(22-35(31)40(50)41(36)62-43)26-55-19-17-49(18-20-55)29-57(46(60)64-49)38-25-51-44-42(53-38)54-39(58)28-61-44/h7-16,23,25,30,32,37H,17-22,24,26-29H2,1-6H3,(H,53,54,58)/t30?,32-,37+/m1/s1. The fourth-order valence-corrected chi connectivity index (χ4v) is 15.3. The van der Waals surface area contributed by atoms with Crippen LogP contribution in [0, 0.1) is 11.7 Å². The van der Waals surface area contributed by atoms with Crippen molar-refractivity contribution in [1.82, 2.24) is 24.8 Å². The van der Waals surface area contributed by atoms with Gasteiger partial charge in [-0.25, -0.2) is 28.9 Å². The van der Waals surface area contributed by atoms with Crippen molar-refractivity contribution in [3.8, 4) is 5.88 Å². The van der Waals surface area contributed by atoms with E-state index in [0.29, 0.717) is 62.8 Å². The van der Waals surface area contributed by atoms with Crippen LogP contribution < -0.4 is 25.3 Å². The van der Waals surface area contributed by atoms with Crippen molar-refractivity contribution in [3.63, 3.8) is 0 Å². The molecule has 3 saturated heterocycles. The molecule has 17 heteroatoms. The van der Waals surface area contributed by atoms with Gasteiger partial charge in [0.15, 0.2) is 29.6 Å². The van der Waals surface area contributed by atoms with Crippen molar-refractivity contribution in [2.75, 3.05) is 49.5 Å². The van der Waals surface area contributed by atoms with Crippen LogP contribution in [0.1, 0.15) is 83.9 Å². The summed E-state index contributed by atoms with van der Waals surface area (Å²) in [4.78, 5) is 58.0. The molecule has 3 amide bonds. The monoisotopic (exact) mass is 917 g/mol. The second kappa shape index (κ2) is 16.5. The lowest BCUT2D eigenvalue weighted by Gasteiger charge is -2.44. The molecule has 1 spiro atoms. The number of halogens is 1. The van der Waals surface area contributed by atoms with Gasteiger partial charge in [0.25, 0.3) is 20.1 Å². The molecule has 0 saturated carbocycles. The first kappa shape index (κ1) is 44.0. The fraction of sp³-hybridized carbons (Fsp3) is 0.469. The van der Waals surface area contributed by atoms with E-state index in [2.05, 4.69) is 65.2 Å². The third-order valence-electron chi connectivity index (χ3n) is 13.6. The van der Waals surface area contributed by atoms with Gasteiger partial charge in [-0.3, -0.25) is 14.6 Å². The van der Waals surface area contributed by atoms with Crippen molar-refractivity contribution in [2.24, 2.45) is 5.92 Å². The maximum Gasteiger partial charge on any atom is 0.416 e. The largest absolute Gasteiger partial charge is 0.465 e. The second-order valence-electron chi connectivity index (χ2n) is 20.4. The van der Waals surface area contributed by atoms with E-state index in [-0.39, 0.29) is 59.0 Å². The average molecular weight is 918 g/mol. The number of nitrogens with zero attached hydrogens (tertiary/aromatic N) is 6. The topological polar surface area (TPSA) is 162 Å². The number of piperidine rings is 1. The van der Waals surface area contributed by atoms with E-state index in [1.54, 1.807) is 4.90 Å². The third-order valence-corrected chi connectivity index (χ3v) is 18.7. The minimum absolute atomic E-state index is 0.0935. The number of amides is 3. The molecule has 2 aromatic heterocycles. The van der Waals surface area contributed by atoms with Crippen molar-refractivity contribution >= 4 is 59.5 Å². The number of benzene rings is 3.